The van der Waals surface area contributed by atoms with E-state index in [-0.39, 0.29) is 35.5 Å². The normalized spacial score (nSPS) is 11.6. The first-order valence-corrected chi connectivity index (χ1v) is 11.2. The molecule has 3 aromatic rings. The number of nitrogens with zero attached hydrogens (tertiary/aromatic N) is 2. The van der Waals surface area contributed by atoms with Gasteiger partial charge in [-0.05, 0) is 18.9 Å². The topological polar surface area (TPSA) is 113 Å². The number of nitrogens with one attached hydrogen (secondary N) is 1. The lowest BCUT2D eigenvalue weighted by atomic mass is 10.1. The third-order valence-corrected chi connectivity index (χ3v) is 5.46. The zero-order chi connectivity index (χ0) is 23.6. The molecule has 9 nitrogen and oxygen atoms in total. The minimum Gasteiger partial charge on any atom is -0.493 e. The van der Waals surface area contributed by atoms with Crippen molar-refractivity contribution in [3.05, 3.63) is 80.3 Å². The van der Waals surface area contributed by atoms with Crippen molar-refractivity contribution in [2.45, 2.75) is 26.1 Å². The second-order valence-corrected chi connectivity index (χ2v) is 7.80. The first-order chi connectivity index (χ1) is 16.0. The smallest absolute Gasteiger partial charge is 0.286 e. The minimum atomic E-state index is -0.616. The molecule has 0 saturated carbocycles. The van der Waals surface area contributed by atoms with Gasteiger partial charge in [-0.3, -0.25) is 14.9 Å². The summed E-state index contributed by atoms with van der Waals surface area (Å²) in [6, 6.07) is 12.3. The number of carbonyl (C=O) groups excluding carboxylic acids is 1. The Labute approximate surface area is 195 Å². The zero-order valence-corrected chi connectivity index (χ0v) is 19.2. The fourth-order valence-electron chi connectivity index (χ4n) is 3.06. The van der Waals surface area contributed by atoms with Crippen LogP contribution in [0.5, 0.6) is 11.5 Å². The number of thiazole rings is 1. The molecule has 0 bridgehead atoms. The molecular formula is C23H25N3O6S. The second kappa shape index (κ2) is 11.9. The molecule has 174 valence electrons. The number of rotatable bonds is 12. The van der Waals surface area contributed by atoms with Crippen molar-refractivity contribution in [2.75, 3.05) is 20.3 Å². The number of aromatic nitrogens is 1. The molecule has 0 saturated heterocycles. The van der Waals surface area contributed by atoms with Gasteiger partial charge in [0.25, 0.3) is 11.6 Å². The van der Waals surface area contributed by atoms with Crippen LogP contribution < -0.4 is 14.8 Å². The molecule has 1 amide bonds. The number of hydrogen-bond acceptors (Lipinski definition) is 8. The van der Waals surface area contributed by atoms with Gasteiger partial charge in [-0.1, -0.05) is 30.3 Å². The van der Waals surface area contributed by atoms with E-state index >= 15 is 0 Å². The van der Waals surface area contributed by atoms with Crippen molar-refractivity contribution in [3.8, 4) is 11.5 Å². The molecule has 0 aliphatic carbocycles. The van der Waals surface area contributed by atoms with Gasteiger partial charge >= 0.3 is 0 Å². The van der Waals surface area contributed by atoms with Crippen LogP contribution in [0, 0.1) is 10.1 Å². The third-order valence-electron chi connectivity index (χ3n) is 4.83. The summed E-state index contributed by atoms with van der Waals surface area (Å²) in [5.74, 6) is -0.180. The standard InChI is InChI=1S/C23H25N3O6S/c1-16(17-7-4-3-5-8-17)31-10-6-9-24-23(27)19-11-21(30-2)22(12-20(19)26(28)29)32-13-18-14-33-15-25-18/h3-5,7-8,11-12,14-16H,6,9-10,13H2,1-2H3,(H,24,27). The lowest BCUT2D eigenvalue weighted by Gasteiger charge is -2.14. The molecule has 1 atom stereocenters. The predicted molar refractivity (Wildman–Crippen MR) is 124 cm³/mol. The average Bonchev–Trinajstić information content (AvgIpc) is 3.36. The number of methoxy groups -OCH3 is 1. The predicted octanol–water partition coefficient (Wildman–Crippen LogP) is 4.54. The molecule has 1 heterocycles. The summed E-state index contributed by atoms with van der Waals surface area (Å²) in [4.78, 5) is 27.7. The van der Waals surface area contributed by atoms with Crippen LogP contribution in [0.2, 0.25) is 0 Å². The Morgan fingerprint density at radius 2 is 2.03 bits per heavy atom. The molecule has 0 radical (unpaired) electrons. The number of carbonyl (C=O) groups is 1. The highest BCUT2D eigenvalue weighted by Gasteiger charge is 2.24. The quantitative estimate of drug-likeness (QED) is 0.234. The summed E-state index contributed by atoms with van der Waals surface area (Å²) in [7, 11) is 1.41. The van der Waals surface area contributed by atoms with Gasteiger partial charge in [0.05, 0.1) is 35.4 Å². The Balaban J connectivity index is 1.58. The molecule has 10 heteroatoms. The molecule has 33 heavy (non-hydrogen) atoms. The minimum absolute atomic E-state index is 0.0657. The van der Waals surface area contributed by atoms with Crippen molar-refractivity contribution in [3.63, 3.8) is 0 Å². The van der Waals surface area contributed by atoms with Crippen molar-refractivity contribution in [2.24, 2.45) is 0 Å². The summed E-state index contributed by atoms with van der Waals surface area (Å²) < 4.78 is 16.7. The van der Waals surface area contributed by atoms with Gasteiger partial charge in [-0.25, -0.2) is 4.98 Å². The summed E-state index contributed by atoms with van der Waals surface area (Å²) in [5, 5.41) is 16.1. The van der Waals surface area contributed by atoms with Crippen LogP contribution in [0.3, 0.4) is 0 Å². The van der Waals surface area contributed by atoms with E-state index in [1.165, 1.54) is 30.6 Å². The molecule has 1 aromatic heterocycles. The number of nitro benzene ring substituents is 1. The maximum atomic E-state index is 12.7. The highest BCUT2D eigenvalue weighted by molar-refractivity contribution is 7.07. The molecule has 3 rings (SSSR count). The van der Waals surface area contributed by atoms with Gasteiger partial charge in [-0.15, -0.1) is 11.3 Å². The summed E-state index contributed by atoms with van der Waals surface area (Å²) in [5.41, 5.74) is 2.96. The van der Waals surface area contributed by atoms with E-state index in [0.29, 0.717) is 25.3 Å². The maximum absolute atomic E-state index is 12.7. The van der Waals surface area contributed by atoms with Crippen LogP contribution >= 0.6 is 11.3 Å². The van der Waals surface area contributed by atoms with E-state index < -0.39 is 10.8 Å². The van der Waals surface area contributed by atoms with Gasteiger partial charge in [0.2, 0.25) is 0 Å². The lowest BCUT2D eigenvalue weighted by molar-refractivity contribution is -0.385. The van der Waals surface area contributed by atoms with E-state index in [9.17, 15) is 14.9 Å². The van der Waals surface area contributed by atoms with Gasteiger partial charge in [0, 0.05) is 24.6 Å². The first-order valence-electron chi connectivity index (χ1n) is 10.3. The fraction of sp³-hybridized carbons (Fsp3) is 0.304. The zero-order valence-electron chi connectivity index (χ0n) is 18.4. The van der Waals surface area contributed by atoms with Crippen LogP contribution in [-0.2, 0) is 11.3 Å². The van der Waals surface area contributed by atoms with E-state index in [2.05, 4.69) is 10.3 Å². The van der Waals surface area contributed by atoms with E-state index in [1.54, 1.807) is 5.51 Å². The number of benzene rings is 2. The second-order valence-electron chi connectivity index (χ2n) is 7.08. The first kappa shape index (κ1) is 24.1. The lowest BCUT2D eigenvalue weighted by Crippen LogP contribution is -2.26. The summed E-state index contributed by atoms with van der Waals surface area (Å²) in [6.45, 7) is 2.83. The van der Waals surface area contributed by atoms with E-state index in [1.807, 2.05) is 42.6 Å². The van der Waals surface area contributed by atoms with Crippen LogP contribution in [0.25, 0.3) is 0 Å². The molecule has 1 N–H and O–H groups in total. The molecule has 2 aromatic carbocycles. The number of hydrogen-bond donors (Lipinski definition) is 1. The van der Waals surface area contributed by atoms with Gasteiger partial charge < -0.3 is 19.5 Å². The number of nitro groups is 1. The van der Waals surface area contributed by atoms with Crippen molar-refractivity contribution >= 4 is 22.9 Å². The number of amides is 1. The highest BCUT2D eigenvalue weighted by atomic mass is 32.1. The molecule has 0 aliphatic rings. The van der Waals surface area contributed by atoms with Gasteiger partial charge in [0.1, 0.15) is 12.2 Å². The number of ether oxygens (including phenoxy) is 3. The monoisotopic (exact) mass is 471 g/mol. The van der Waals surface area contributed by atoms with Crippen molar-refractivity contribution in [1.82, 2.24) is 10.3 Å². The molecule has 1 unspecified atom stereocenters. The molecule has 0 aliphatic heterocycles. The van der Waals surface area contributed by atoms with Crippen LogP contribution in [0.1, 0.15) is 41.1 Å². The Morgan fingerprint density at radius 3 is 2.70 bits per heavy atom. The maximum Gasteiger partial charge on any atom is 0.286 e. The highest BCUT2D eigenvalue weighted by Crippen LogP contribution is 2.35. The average molecular weight is 472 g/mol. The summed E-state index contributed by atoms with van der Waals surface area (Å²) >= 11 is 1.42. The van der Waals surface area contributed by atoms with Gasteiger partial charge in [-0.2, -0.15) is 0 Å². The Hall–Kier alpha value is -3.50. The summed E-state index contributed by atoms with van der Waals surface area (Å²) in [6.07, 6.45) is 0.493. The van der Waals surface area contributed by atoms with Crippen LogP contribution in [0.4, 0.5) is 5.69 Å². The van der Waals surface area contributed by atoms with E-state index in [0.717, 1.165) is 5.56 Å². The largest absolute Gasteiger partial charge is 0.493 e. The van der Waals surface area contributed by atoms with Crippen molar-refractivity contribution in [1.29, 1.82) is 0 Å². The molecule has 0 fully saturated rings. The molecule has 0 spiro atoms. The van der Waals surface area contributed by atoms with Crippen molar-refractivity contribution < 1.29 is 23.9 Å². The molecular weight excluding hydrogens is 446 g/mol. The van der Waals surface area contributed by atoms with E-state index in [4.69, 9.17) is 14.2 Å². The Morgan fingerprint density at radius 1 is 1.24 bits per heavy atom. The fourth-order valence-corrected chi connectivity index (χ4v) is 3.61. The van der Waals surface area contributed by atoms with Crippen LogP contribution in [-0.4, -0.2) is 36.1 Å². The van der Waals surface area contributed by atoms with Crippen LogP contribution in [0.15, 0.2) is 53.4 Å². The Bertz CT molecular complexity index is 1060. The Kier molecular flexibility index (Phi) is 8.73. The SMILES string of the molecule is COc1cc(C(=O)NCCCOC(C)c2ccccc2)c([N+](=O)[O-])cc1OCc1cscn1. The third kappa shape index (κ3) is 6.74. The van der Waals surface area contributed by atoms with Gasteiger partial charge in [0.15, 0.2) is 11.5 Å².